The van der Waals surface area contributed by atoms with E-state index >= 15 is 0 Å². The molecule has 1 heteroatoms. The highest BCUT2D eigenvalue weighted by atomic mass is 14.8. The zero-order chi connectivity index (χ0) is 10.1. The minimum Gasteiger partial charge on any atom is -0.387 e. The molecule has 0 radical (unpaired) electrons. The number of nitrogens with one attached hydrogen (secondary N) is 1. The van der Waals surface area contributed by atoms with Gasteiger partial charge in [-0.3, -0.25) is 0 Å². The number of rotatable bonds is 7. The van der Waals surface area contributed by atoms with Gasteiger partial charge in [-0.1, -0.05) is 26.0 Å². The van der Waals surface area contributed by atoms with Crippen molar-refractivity contribution < 1.29 is 0 Å². The van der Waals surface area contributed by atoms with Gasteiger partial charge in [0.1, 0.15) is 0 Å². The van der Waals surface area contributed by atoms with Gasteiger partial charge in [0.15, 0.2) is 0 Å². The predicted molar refractivity (Wildman–Crippen MR) is 60.6 cm³/mol. The molecule has 0 aliphatic carbocycles. The van der Waals surface area contributed by atoms with Crippen LogP contribution in [-0.4, -0.2) is 6.54 Å². The third-order valence-electron chi connectivity index (χ3n) is 2.18. The fourth-order valence-corrected chi connectivity index (χ4v) is 1.10. The highest BCUT2D eigenvalue weighted by Crippen LogP contribution is 2.16. The summed E-state index contributed by atoms with van der Waals surface area (Å²) in [6.45, 7) is 12.7. The van der Waals surface area contributed by atoms with Crippen LogP contribution in [0.15, 0.2) is 37.1 Å². The molecule has 0 spiro atoms. The van der Waals surface area contributed by atoms with E-state index in [1.54, 1.807) is 0 Å². The summed E-state index contributed by atoms with van der Waals surface area (Å²) in [5.41, 5.74) is 1.42. The van der Waals surface area contributed by atoms with Crippen LogP contribution < -0.4 is 5.32 Å². The molecule has 0 aliphatic heterocycles. The van der Waals surface area contributed by atoms with Crippen LogP contribution in [0.2, 0.25) is 0 Å². The van der Waals surface area contributed by atoms with Crippen molar-refractivity contribution in [1.29, 1.82) is 0 Å². The van der Waals surface area contributed by atoms with Crippen LogP contribution in [-0.2, 0) is 0 Å². The maximum Gasteiger partial charge on any atom is 0.0322 e. The summed E-state index contributed by atoms with van der Waals surface area (Å²) < 4.78 is 0. The highest BCUT2D eigenvalue weighted by Gasteiger charge is 2.03. The van der Waals surface area contributed by atoms with Gasteiger partial charge >= 0.3 is 0 Å². The van der Waals surface area contributed by atoms with Gasteiger partial charge < -0.3 is 5.32 Å². The Bertz CT molecular complexity index is 180. The Balaban J connectivity index is 4.12. The molecule has 0 saturated heterocycles. The minimum absolute atomic E-state index is 0.635. The van der Waals surface area contributed by atoms with E-state index in [2.05, 4.69) is 38.5 Å². The summed E-state index contributed by atoms with van der Waals surface area (Å²) in [5, 5.41) is 3.21. The molecule has 0 aromatic rings. The average Bonchev–Trinajstić information content (AvgIpc) is 2.16. The van der Waals surface area contributed by atoms with Gasteiger partial charge in [0.25, 0.3) is 0 Å². The summed E-state index contributed by atoms with van der Waals surface area (Å²) >= 11 is 0. The maximum absolute atomic E-state index is 3.76. The molecule has 0 heterocycles. The molecule has 0 aromatic heterocycles. The average molecular weight is 179 g/mol. The lowest BCUT2D eigenvalue weighted by molar-refractivity contribution is 0.635. The second-order valence-corrected chi connectivity index (χ2v) is 3.22. The van der Waals surface area contributed by atoms with Gasteiger partial charge in [-0.15, -0.1) is 13.2 Å². The maximum atomic E-state index is 3.76. The minimum atomic E-state index is 0.635. The summed E-state index contributed by atoms with van der Waals surface area (Å²) in [5.74, 6) is 0.635. The molecule has 0 saturated carbocycles. The molecule has 0 bridgehead atoms. The second-order valence-electron chi connectivity index (χ2n) is 3.22. The fourth-order valence-electron chi connectivity index (χ4n) is 1.10. The number of allylic oxidation sites excluding steroid dienone is 2. The van der Waals surface area contributed by atoms with Gasteiger partial charge in [-0.05, 0) is 30.5 Å². The Morgan fingerprint density at radius 2 is 2.08 bits per heavy atom. The molecule has 0 rings (SSSR count). The monoisotopic (exact) mass is 179 g/mol. The smallest absolute Gasteiger partial charge is 0.0322 e. The Morgan fingerprint density at radius 1 is 1.38 bits per heavy atom. The van der Waals surface area contributed by atoms with Crippen LogP contribution in [0.3, 0.4) is 0 Å². The third kappa shape index (κ3) is 5.29. The molecule has 1 N–H and O–H groups in total. The summed E-state index contributed by atoms with van der Waals surface area (Å²) in [6.07, 6.45) is 8.05. The summed E-state index contributed by atoms with van der Waals surface area (Å²) in [4.78, 5) is 0. The third-order valence-corrected chi connectivity index (χ3v) is 2.18. The van der Waals surface area contributed by atoms with Crippen LogP contribution in [0.5, 0.6) is 0 Å². The summed E-state index contributed by atoms with van der Waals surface area (Å²) in [6, 6.07) is 0. The zero-order valence-electron chi connectivity index (χ0n) is 8.84. The molecule has 0 aromatic carbocycles. The Labute approximate surface area is 82.2 Å². The van der Waals surface area contributed by atoms with E-state index in [1.807, 2.05) is 12.2 Å². The van der Waals surface area contributed by atoms with Gasteiger partial charge in [0, 0.05) is 6.54 Å². The Morgan fingerprint density at radius 3 is 2.54 bits per heavy atom. The van der Waals surface area contributed by atoms with Crippen LogP contribution in [0.25, 0.3) is 0 Å². The van der Waals surface area contributed by atoms with E-state index < -0.39 is 0 Å². The number of hydrogen-bond acceptors (Lipinski definition) is 1. The lowest BCUT2D eigenvalue weighted by Gasteiger charge is -2.12. The first-order valence-electron chi connectivity index (χ1n) is 4.90. The first-order valence-corrected chi connectivity index (χ1v) is 4.90. The molecule has 1 unspecified atom stereocenters. The van der Waals surface area contributed by atoms with E-state index in [0.29, 0.717) is 5.92 Å². The molecular formula is C12H21N. The Kier molecular flexibility index (Phi) is 7.08. The first-order chi connectivity index (χ1) is 6.26. The van der Waals surface area contributed by atoms with Gasteiger partial charge in [0.2, 0.25) is 0 Å². The van der Waals surface area contributed by atoms with Crippen molar-refractivity contribution in [3.8, 4) is 0 Å². The molecule has 13 heavy (non-hydrogen) atoms. The highest BCUT2D eigenvalue weighted by molar-refractivity contribution is 5.08. The Hall–Kier alpha value is -0.980. The standard InChI is InChI=1S/C12H21N/c1-5-8-12(11(4)7-3)10-13-9-6-2/h5-6,10-11,13H,1-2,7-9H2,3-4H3/b12-10+. The van der Waals surface area contributed by atoms with Crippen LogP contribution in [0, 0.1) is 5.92 Å². The van der Waals surface area contributed by atoms with Gasteiger partial charge in [-0.2, -0.15) is 0 Å². The van der Waals surface area contributed by atoms with Gasteiger partial charge in [-0.25, -0.2) is 0 Å². The number of hydrogen-bond donors (Lipinski definition) is 1. The summed E-state index contributed by atoms with van der Waals surface area (Å²) in [7, 11) is 0. The SMILES string of the molecule is C=CCN/C=C(\CC=C)C(C)CC. The molecule has 1 nitrogen and oxygen atoms in total. The largest absolute Gasteiger partial charge is 0.387 e. The van der Waals surface area contributed by atoms with Crippen LogP contribution >= 0.6 is 0 Å². The molecule has 0 aliphatic rings. The van der Waals surface area contributed by atoms with Crippen molar-refractivity contribution in [2.75, 3.05) is 6.54 Å². The molecular weight excluding hydrogens is 158 g/mol. The first kappa shape index (κ1) is 12.0. The van der Waals surface area contributed by atoms with Crippen molar-refractivity contribution in [3.05, 3.63) is 37.1 Å². The lowest BCUT2D eigenvalue weighted by Crippen LogP contribution is -2.08. The van der Waals surface area contributed by atoms with Crippen molar-refractivity contribution in [1.82, 2.24) is 5.32 Å². The van der Waals surface area contributed by atoms with E-state index in [-0.39, 0.29) is 0 Å². The van der Waals surface area contributed by atoms with Crippen molar-refractivity contribution >= 4 is 0 Å². The predicted octanol–water partition coefficient (Wildman–Crippen LogP) is 3.27. The quantitative estimate of drug-likeness (QED) is 0.467. The molecule has 0 amide bonds. The van der Waals surface area contributed by atoms with E-state index in [9.17, 15) is 0 Å². The lowest BCUT2D eigenvalue weighted by atomic mass is 9.97. The molecule has 74 valence electrons. The molecule has 0 fully saturated rings. The van der Waals surface area contributed by atoms with Crippen LogP contribution in [0.4, 0.5) is 0 Å². The molecule has 1 atom stereocenters. The van der Waals surface area contributed by atoms with Gasteiger partial charge in [0.05, 0.1) is 0 Å². The van der Waals surface area contributed by atoms with Crippen molar-refractivity contribution in [2.45, 2.75) is 26.7 Å². The zero-order valence-corrected chi connectivity index (χ0v) is 8.84. The normalized spacial score (nSPS) is 13.5. The van der Waals surface area contributed by atoms with Crippen molar-refractivity contribution in [3.63, 3.8) is 0 Å². The van der Waals surface area contributed by atoms with Crippen molar-refractivity contribution in [2.24, 2.45) is 5.92 Å². The fraction of sp³-hybridized carbons (Fsp3) is 0.500. The van der Waals surface area contributed by atoms with E-state index in [1.165, 1.54) is 12.0 Å². The second kappa shape index (κ2) is 7.66. The van der Waals surface area contributed by atoms with E-state index in [0.717, 1.165) is 13.0 Å². The van der Waals surface area contributed by atoms with E-state index in [4.69, 9.17) is 0 Å². The van der Waals surface area contributed by atoms with Crippen LogP contribution in [0.1, 0.15) is 26.7 Å². The topological polar surface area (TPSA) is 12.0 Å².